The van der Waals surface area contributed by atoms with Gasteiger partial charge in [-0.3, -0.25) is 9.78 Å². The molecule has 1 unspecified atom stereocenters. The normalized spacial score (nSPS) is 15.7. The van der Waals surface area contributed by atoms with Crippen molar-refractivity contribution in [3.63, 3.8) is 0 Å². The summed E-state index contributed by atoms with van der Waals surface area (Å²) < 4.78 is 16.2. The molecule has 1 aliphatic rings. The number of aromatic nitrogens is 3. The van der Waals surface area contributed by atoms with Crippen LogP contribution in [0.3, 0.4) is 0 Å². The van der Waals surface area contributed by atoms with Crippen molar-refractivity contribution in [2.24, 2.45) is 0 Å². The van der Waals surface area contributed by atoms with Gasteiger partial charge >= 0.3 is 0 Å². The molecule has 0 saturated carbocycles. The molecule has 1 saturated heterocycles. The number of hydrogen-bond acceptors (Lipinski definition) is 7. The smallest absolute Gasteiger partial charge is 0.227 e. The number of rotatable bonds is 7. The Morgan fingerprint density at radius 2 is 1.79 bits per heavy atom. The molecule has 2 aromatic heterocycles. The Morgan fingerprint density at radius 3 is 2.45 bits per heavy atom. The molecule has 3 heterocycles. The van der Waals surface area contributed by atoms with Gasteiger partial charge in [0.2, 0.25) is 11.7 Å². The molecule has 33 heavy (non-hydrogen) atoms. The SMILES string of the molecule is COc1cc(CC(=O)N2CCCC(c3ncncc3-c3ccncc3)C2)cc(OC)c1OC. The van der Waals surface area contributed by atoms with Gasteiger partial charge in [0.05, 0.1) is 33.4 Å². The lowest BCUT2D eigenvalue weighted by molar-refractivity contribution is -0.131. The standard InChI is InChI=1S/C25H28N4O4/c1-31-21-11-17(12-22(32-2)25(21)33-3)13-23(30)29-10-4-5-19(15-29)24-20(14-27-16-28-24)18-6-8-26-9-7-18/h6-9,11-12,14,16,19H,4-5,10,13,15H2,1-3H3. The molecule has 4 rings (SSSR count). The second-order valence-corrected chi connectivity index (χ2v) is 7.95. The third kappa shape index (κ3) is 4.89. The number of likely N-dealkylation sites (tertiary alicyclic amines) is 1. The van der Waals surface area contributed by atoms with E-state index in [1.807, 2.05) is 35.4 Å². The van der Waals surface area contributed by atoms with E-state index in [1.54, 1.807) is 40.1 Å². The molecular formula is C25H28N4O4. The number of methoxy groups -OCH3 is 3. The molecule has 3 aromatic rings. The number of piperidine rings is 1. The number of amides is 1. The molecule has 0 radical (unpaired) electrons. The first-order chi connectivity index (χ1) is 16.1. The van der Waals surface area contributed by atoms with E-state index in [9.17, 15) is 4.79 Å². The summed E-state index contributed by atoms with van der Waals surface area (Å²) >= 11 is 0. The molecule has 8 heteroatoms. The quantitative estimate of drug-likeness (QED) is 0.547. The fraction of sp³-hybridized carbons (Fsp3) is 0.360. The summed E-state index contributed by atoms with van der Waals surface area (Å²) in [5.41, 5.74) is 3.81. The van der Waals surface area contributed by atoms with Crippen LogP contribution in [0.5, 0.6) is 17.2 Å². The van der Waals surface area contributed by atoms with E-state index in [-0.39, 0.29) is 18.2 Å². The molecule has 8 nitrogen and oxygen atoms in total. The number of pyridine rings is 1. The topological polar surface area (TPSA) is 86.7 Å². The van der Waals surface area contributed by atoms with Crippen LogP contribution in [0.15, 0.2) is 49.2 Å². The van der Waals surface area contributed by atoms with Crippen LogP contribution >= 0.6 is 0 Å². The molecule has 0 bridgehead atoms. The van der Waals surface area contributed by atoms with Crippen LogP contribution in [-0.4, -0.2) is 60.2 Å². The number of carbonyl (C=O) groups excluding carboxylic acids is 1. The predicted molar refractivity (Wildman–Crippen MR) is 124 cm³/mol. The van der Waals surface area contributed by atoms with Crippen LogP contribution in [0, 0.1) is 0 Å². The largest absolute Gasteiger partial charge is 0.493 e. The van der Waals surface area contributed by atoms with Gasteiger partial charge < -0.3 is 19.1 Å². The Labute approximate surface area is 193 Å². The Hall–Kier alpha value is -3.68. The van der Waals surface area contributed by atoms with Gasteiger partial charge in [0, 0.05) is 43.2 Å². The second-order valence-electron chi connectivity index (χ2n) is 7.95. The molecule has 0 N–H and O–H groups in total. The van der Waals surface area contributed by atoms with Crippen LogP contribution in [0.25, 0.3) is 11.1 Å². The summed E-state index contributed by atoms with van der Waals surface area (Å²) in [5.74, 6) is 1.81. The molecule has 1 amide bonds. The number of carbonyl (C=O) groups is 1. The second kappa shape index (κ2) is 10.3. The van der Waals surface area contributed by atoms with Crippen LogP contribution in [0.1, 0.15) is 30.0 Å². The fourth-order valence-corrected chi connectivity index (χ4v) is 4.37. The monoisotopic (exact) mass is 448 g/mol. The van der Waals surface area contributed by atoms with Crippen molar-refractivity contribution >= 4 is 5.91 Å². The summed E-state index contributed by atoms with van der Waals surface area (Å²) in [6.45, 7) is 1.35. The Kier molecular flexibility index (Phi) is 7.02. The molecule has 1 fully saturated rings. The highest BCUT2D eigenvalue weighted by molar-refractivity contribution is 5.79. The molecular weight excluding hydrogens is 420 g/mol. The van der Waals surface area contributed by atoms with E-state index in [0.29, 0.717) is 23.8 Å². The first-order valence-electron chi connectivity index (χ1n) is 10.9. The fourth-order valence-electron chi connectivity index (χ4n) is 4.37. The van der Waals surface area contributed by atoms with E-state index < -0.39 is 0 Å². The lowest BCUT2D eigenvalue weighted by Gasteiger charge is -2.33. The van der Waals surface area contributed by atoms with Gasteiger partial charge in [0.25, 0.3) is 0 Å². The third-order valence-corrected chi connectivity index (χ3v) is 5.98. The first-order valence-corrected chi connectivity index (χ1v) is 10.9. The number of benzene rings is 1. The van der Waals surface area contributed by atoms with Gasteiger partial charge in [-0.1, -0.05) is 0 Å². The summed E-state index contributed by atoms with van der Waals surface area (Å²) in [6.07, 6.45) is 9.10. The zero-order valence-corrected chi connectivity index (χ0v) is 19.2. The van der Waals surface area contributed by atoms with Crippen LogP contribution in [0.2, 0.25) is 0 Å². The average molecular weight is 449 g/mol. The van der Waals surface area contributed by atoms with Gasteiger partial charge in [-0.2, -0.15) is 0 Å². The Balaban J connectivity index is 1.53. The van der Waals surface area contributed by atoms with E-state index in [0.717, 1.165) is 41.8 Å². The average Bonchev–Trinajstić information content (AvgIpc) is 2.88. The maximum atomic E-state index is 13.2. The Morgan fingerprint density at radius 1 is 1.06 bits per heavy atom. The molecule has 1 atom stereocenters. The van der Waals surface area contributed by atoms with E-state index >= 15 is 0 Å². The van der Waals surface area contributed by atoms with Crippen molar-refractivity contribution in [1.29, 1.82) is 0 Å². The lowest BCUT2D eigenvalue weighted by Crippen LogP contribution is -2.40. The van der Waals surface area contributed by atoms with Gasteiger partial charge in [-0.05, 0) is 48.2 Å². The van der Waals surface area contributed by atoms with E-state index in [2.05, 4.69) is 15.0 Å². The summed E-state index contributed by atoms with van der Waals surface area (Å²) in [6, 6.07) is 7.57. The van der Waals surface area contributed by atoms with Crippen molar-refractivity contribution in [1.82, 2.24) is 19.9 Å². The number of hydrogen-bond donors (Lipinski definition) is 0. The minimum Gasteiger partial charge on any atom is -0.493 e. The van der Waals surface area contributed by atoms with Crippen molar-refractivity contribution in [2.75, 3.05) is 34.4 Å². The first kappa shape index (κ1) is 22.5. The maximum absolute atomic E-state index is 13.2. The van der Waals surface area contributed by atoms with Crippen LogP contribution in [-0.2, 0) is 11.2 Å². The highest BCUT2D eigenvalue weighted by atomic mass is 16.5. The molecule has 0 spiro atoms. The Bertz CT molecular complexity index is 1080. The predicted octanol–water partition coefficient (Wildman–Crippen LogP) is 3.51. The van der Waals surface area contributed by atoms with Crippen molar-refractivity contribution in [2.45, 2.75) is 25.2 Å². The van der Waals surface area contributed by atoms with Crippen molar-refractivity contribution in [3.05, 3.63) is 60.4 Å². The van der Waals surface area contributed by atoms with Crippen molar-refractivity contribution < 1.29 is 19.0 Å². The summed E-state index contributed by atoms with van der Waals surface area (Å²) in [4.78, 5) is 28.1. The minimum absolute atomic E-state index is 0.0634. The number of ether oxygens (including phenoxy) is 3. The summed E-state index contributed by atoms with van der Waals surface area (Å²) in [7, 11) is 4.70. The van der Waals surface area contributed by atoms with Gasteiger partial charge in [0.15, 0.2) is 11.5 Å². The van der Waals surface area contributed by atoms with Crippen LogP contribution in [0.4, 0.5) is 0 Å². The van der Waals surface area contributed by atoms with Gasteiger partial charge in [0.1, 0.15) is 6.33 Å². The zero-order valence-electron chi connectivity index (χ0n) is 19.2. The lowest BCUT2D eigenvalue weighted by atomic mass is 9.90. The molecule has 1 aromatic carbocycles. The molecule has 1 aliphatic heterocycles. The number of nitrogens with zero attached hydrogens (tertiary/aromatic N) is 4. The van der Waals surface area contributed by atoms with Gasteiger partial charge in [-0.25, -0.2) is 9.97 Å². The maximum Gasteiger partial charge on any atom is 0.227 e. The van der Waals surface area contributed by atoms with Gasteiger partial charge in [-0.15, -0.1) is 0 Å². The zero-order chi connectivity index (χ0) is 23.2. The molecule has 172 valence electrons. The summed E-state index contributed by atoms with van der Waals surface area (Å²) in [5, 5.41) is 0. The minimum atomic E-state index is 0.0634. The highest BCUT2D eigenvalue weighted by Crippen LogP contribution is 2.38. The third-order valence-electron chi connectivity index (χ3n) is 5.98. The van der Waals surface area contributed by atoms with Crippen LogP contribution < -0.4 is 14.2 Å². The van der Waals surface area contributed by atoms with E-state index in [4.69, 9.17) is 14.2 Å². The van der Waals surface area contributed by atoms with E-state index in [1.165, 1.54) is 0 Å². The van der Waals surface area contributed by atoms with Crippen molar-refractivity contribution in [3.8, 4) is 28.4 Å². The highest BCUT2D eigenvalue weighted by Gasteiger charge is 2.28. The molecule has 0 aliphatic carbocycles.